The van der Waals surface area contributed by atoms with Gasteiger partial charge >= 0.3 is 5.97 Å². The normalized spacial score (nSPS) is 12.1. The van der Waals surface area contributed by atoms with E-state index in [1.165, 1.54) is 0 Å². The molecule has 1 heterocycles. The molecule has 1 unspecified atom stereocenters. The molecule has 1 aromatic carbocycles. The maximum Gasteiger partial charge on any atom is 0.304 e. The van der Waals surface area contributed by atoms with Crippen molar-refractivity contribution in [3.05, 3.63) is 47.9 Å². The third-order valence-corrected chi connectivity index (χ3v) is 3.02. The molecule has 0 amide bonds. The van der Waals surface area contributed by atoms with E-state index in [1.54, 1.807) is 6.20 Å². The smallest absolute Gasteiger partial charge is 0.304 e. The molecule has 4 nitrogen and oxygen atoms in total. The highest BCUT2D eigenvalue weighted by Gasteiger charge is 2.14. The molecule has 0 aliphatic rings. The zero-order valence-electron chi connectivity index (χ0n) is 11.0. The SMILES string of the molecule is Cc1ccccc1-c1ccnc(C(C)CC(=O)O)n1. The number of benzene rings is 1. The summed E-state index contributed by atoms with van der Waals surface area (Å²) in [4.78, 5) is 19.4. The number of aliphatic carboxylic acids is 1. The lowest BCUT2D eigenvalue weighted by atomic mass is 10.0. The Hall–Kier alpha value is -2.23. The van der Waals surface area contributed by atoms with Crippen molar-refractivity contribution < 1.29 is 9.90 Å². The van der Waals surface area contributed by atoms with Gasteiger partial charge in [0.15, 0.2) is 0 Å². The maximum atomic E-state index is 10.7. The molecule has 4 heteroatoms. The summed E-state index contributed by atoms with van der Waals surface area (Å²) in [7, 11) is 0. The van der Waals surface area contributed by atoms with Gasteiger partial charge in [-0.25, -0.2) is 9.97 Å². The molecule has 0 aliphatic carbocycles. The molecular formula is C15H16N2O2. The van der Waals surface area contributed by atoms with Gasteiger partial charge in [0.1, 0.15) is 5.82 Å². The van der Waals surface area contributed by atoms with Crippen molar-refractivity contribution in [2.75, 3.05) is 0 Å². The summed E-state index contributed by atoms with van der Waals surface area (Å²) >= 11 is 0. The summed E-state index contributed by atoms with van der Waals surface area (Å²) < 4.78 is 0. The number of hydrogen-bond acceptors (Lipinski definition) is 3. The van der Waals surface area contributed by atoms with E-state index in [2.05, 4.69) is 9.97 Å². The second-order valence-electron chi connectivity index (χ2n) is 4.61. The zero-order chi connectivity index (χ0) is 13.8. The highest BCUT2D eigenvalue weighted by molar-refractivity contribution is 5.68. The summed E-state index contributed by atoms with van der Waals surface area (Å²) in [6.45, 7) is 3.85. The van der Waals surface area contributed by atoms with Crippen LogP contribution in [0, 0.1) is 6.92 Å². The molecule has 0 spiro atoms. The fourth-order valence-corrected chi connectivity index (χ4v) is 1.97. The Morgan fingerprint density at radius 3 is 2.74 bits per heavy atom. The highest BCUT2D eigenvalue weighted by Crippen LogP contribution is 2.23. The van der Waals surface area contributed by atoms with Crippen molar-refractivity contribution in [3.8, 4) is 11.3 Å². The molecule has 19 heavy (non-hydrogen) atoms. The first kappa shape index (κ1) is 13.2. The van der Waals surface area contributed by atoms with Gasteiger partial charge in [0.25, 0.3) is 0 Å². The third kappa shape index (κ3) is 3.16. The summed E-state index contributed by atoms with van der Waals surface area (Å²) in [5, 5.41) is 8.82. The standard InChI is InChI=1S/C15H16N2O2/c1-10-5-3-4-6-12(10)13-7-8-16-15(17-13)11(2)9-14(18)19/h3-8,11H,9H2,1-2H3,(H,18,19). The molecule has 0 saturated carbocycles. The molecule has 0 aliphatic heterocycles. The van der Waals surface area contributed by atoms with Crippen molar-refractivity contribution in [1.82, 2.24) is 9.97 Å². The number of carboxylic acid groups (broad SMARTS) is 1. The van der Waals surface area contributed by atoms with Crippen molar-refractivity contribution in [2.24, 2.45) is 0 Å². The first-order valence-corrected chi connectivity index (χ1v) is 6.18. The highest BCUT2D eigenvalue weighted by atomic mass is 16.4. The van der Waals surface area contributed by atoms with Crippen LogP contribution in [0.5, 0.6) is 0 Å². The average molecular weight is 256 g/mol. The van der Waals surface area contributed by atoms with Crippen LogP contribution in [-0.4, -0.2) is 21.0 Å². The predicted octanol–water partition coefficient (Wildman–Crippen LogP) is 3.03. The third-order valence-electron chi connectivity index (χ3n) is 3.02. The lowest BCUT2D eigenvalue weighted by Crippen LogP contribution is -2.07. The van der Waals surface area contributed by atoms with Gasteiger partial charge in [0.05, 0.1) is 12.1 Å². The number of nitrogens with zero attached hydrogens (tertiary/aromatic N) is 2. The first-order chi connectivity index (χ1) is 9.08. The van der Waals surface area contributed by atoms with E-state index >= 15 is 0 Å². The van der Waals surface area contributed by atoms with E-state index in [0.29, 0.717) is 5.82 Å². The molecule has 2 rings (SSSR count). The molecule has 1 atom stereocenters. The van der Waals surface area contributed by atoms with Crippen LogP contribution in [0.1, 0.15) is 30.7 Å². The molecule has 2 aromatic rings. The number of carbonyl (C=O) groups is 1. The van der Waals surface area contributed by atoms with Gasteiger partial charge in [-0.3, -0.25) is 4.79 Å². The predicted molar refractivity (Wildman–Crippen MR) is 72.9 cm³/mol. The maximum absolute atomic E-state index is 10.7. The lowest BCUT2D eigenvalue weighted by molar-refractivity contribution is -0.137. The summed E-state index contributed by atoms with van der Waals surface area (Å²) in [5.74, 6) is -0.456. The molecule has 0 bridgehead atoms. The van der Waals surface area contributed by atoms with Crippen molar-refractivity contribution in [3.63, 3.8) is 0 Å². The van der Waals surface area contributed by atoms with Crippen LogP contribution in [0.15, 0.2) is 36.5 Å². The topological polar surface area (TPSA) is 63.1 Å². The Morgan fingerprint density at radius 1 is 1.32 bits per heavy atom. The van der Waals surface area contributed by atoms with E-state index in [9.17, 15) is 4.79 Å². The minimum Gasteiger partial charge on any atom is -0.481 e. The number of rotatable bonds is 4. The zero-order valence-corrected chi connectivity index (χ0v) is 11.0. The number of aryl methyl sites for hydroxylation is 1. The van der Waals surface area contributed by atoms with Crippen LogP contribution in [0.25, 0.3) is 11.3 Å². The second kappa shape index (κ2) is 5.61. The molecule has 1 N–H and O–H groups in total. The van der Waals surface area contributed by atoms with Crippen LogP contribution in [0.2, 0.25) is 0 Å². The van der Waals surface area contributed by atoms with Crippen LogP contribution >= 0.6 is 0 Å². The summed E-state index contributed by atoms with van der Waals surface area (Å²) in [5.41, 5.74) is 3.02. The van der Waals surface area contributed by atoms with Crippen LogP contribution < -0.4 is 0 Å². The van der Waals surface area contributed by atoms with Gasteiger partial charge in [-0.15, -0.1) is 0 Å². The Labute approximate surface area is 112 Å². The number of hydrogen-bond donors (Lipinski definition) is 1. The van der Waals surface area contributed by atoms with Crippen molar-refractivity contribution >= 4 is 5.97 Å². The fourth-order valence-electron chi connectivity index (χ4n) is 1.97. The Balaban J connectivity index is 2.34. The average Bonchev–Trinajstić information content (AvgIpc) is 2.38. The lowest BCUT2D eigenvalue weighted by Gasteiger charge is -2.10. The van der Waals surface area contributed by atoms with Gasteiger partial charge in [0, 0.05) is 17.7 Å². The Morgan fingerprint density at radius 2 is 2.05 bits per heavy atom. The quantitative estimate of drug-likeness (QED) is 0.913. The van der Waals surface area contributed by atoms with Crippen LogP contribution in [0.3, 0.4) is 0 Å². The van der Waals surface area contributed by atoms with Crippen molar-refractivity contribution in [2.45, 2.75) is 26.2 Å². The molecule has 98 valence electrons. The fraction of sp³-hybridized carbons (Fsp3) is 0.267. The molecule has 0 fully saturated rings. The van der Waals surface area contributed by atoms with E-state index in [0.717, 1.165) is 16.8 Å². The van der Waals surface area contributed by atoms with E-state index in [-0.39, 0.29) is 12.3 Å². The molecular weight excluding hydrogens is 240 g/mol. The minimum atomic E-state index is -0.836. The largest absolute Gasteiger partial charge is 0.481 e. The van der Waals surface area contributed by atoms with Gasteiger partial charge in [0.2, 0.25) is 0 Å². The summed E-state index contributed by atoms with van der Waals surface area (Å²) in [6.07, 6.45) is 1.72. The number of carboxylic acids is 1. The Kier molecular flexibility index (Phi) is 3.90. The summed E-state index contributed by atoms with van der Waals surface area (Å²) in [6, 6.07) is 9.82. The van der Waals surface area contributed by atoms with E-state index in [4.69, 9.17) is 5.11 Å². The van der Waals surface area contributed by atoms with E-state index < -0.39 is 5.97 Å². The van der Waals surface area contributed by atoms with Gasteiger partial charge in [-0.05, 0) is 18.6 Å². The molecule has 0 radical (unpaired) electrons. The first-order valence-electron chi connectivity index (χ1n) is 6.18. The van der Waals surface area contributed by atoms with Gasteiger partial charge in [-0.2, -0.15) is 0 Å². The number of aromatic nitrogens is 2. The minimum absolute atomic E-state index is 0.0389. The Bertz CT molecular complexity index is 596. The molecule has 1 aromatic heterocycles. The second-order valence-corrected chi connectivity index (χ2v) is 4.61. The molecule has 0 saturated heterocycles. The van der Waals surface area contributed by atoms with Crippen molar-refractivity contribution in [1.29, 1.82) is 0 Å². The van der Waals surface area contributed by atoms with Crippen LogP contribution in [-0.2, 0) is 4.79 Å². The van der Waals surface area contributed by atoms with E-state index in [1.807, 2.05) is 44.2 Å². The van der Waals surface area contributed by atoms with Gasteiger partial charge in [-0.1, -0.05) is 31.2 Å². The van der Waals surface area contributed by atoms with Crippen LogP contribution in [0.4, 0.5) is 0 Å². The van der Waals surface area contributed by atoms with Gasteiger partial charge < -0.3 is 5.11 Å². The monoisotopic (exact) mass is 256 g/mol.